The fourth-order valence-electron chi connectivity index (χ4n) is 1.71. The first-order chi connectivity index (χ1) is 7.13. The number of aryl methyl sites for hydroxylation is 1. The summed E-state index contributed by atoms with van der Waals surface area (Å²) in [6, 6.07) is 1.85. The highest BCUT2D eigenvalue weighted by Gasteiger charge is 2.32. The smallest absolute Gasteiger partial charge is 0.250 e. The van der Waals surface area contributed by atoms with Gasteiger partial charge < -0.3 is 4.57 Å². The second-order valence-corrected chi connectivity index (χ2v) is 5.08. The van der Waals surface area contributed by atoms with E-state index in [9.17, 15) is 4.79 Å². The Labute approximate surface area is 103 Å². The third kappa shape index (κ3) is 2.29. The third-order valence-corrected chi connectivity index (χ3v) is 3.72. The van der Waals surface area contributed by atoms with E-state index in [-0.39, 0.29) is 11.6 Å². The van der Waals surface area contributed by atoms with Crippen molar-refractivity contribution >= 4 is 28.7 Å². The number of hydrogen-bond donors (Lipinski definition) is 2. The van der Waals surface area contributed by atoms with Crippen LogP contribution in [0.4, 0.5) is 0 Å². The van der Waals surface area contributed by atoms with Crippen molar-refractivity contribution in [3.8, 4) is 0 Å². The van der Waals surface area contributed by atoms with Gasteiger partial charge in [-0.25, -0.2) is 0 Å². The Morgan fingerprint density at radius 2 is 2.33 bits per heavy atom. The van der Waals surface area contributed by atoms with E-state index in [0.717, 1.165) is 10.0 Å². The molecule has 0 radical (unpaired) electrons. The first-order valence-corrected chi connectivity index (χ1v) is 6.13. The lowest BCUT2D eigenvalue weighted by atomic mass is 10.1. The zero-order chi connectivity index (χ0) is 11.0. The van der Waals surface area contributed by atoms with Crippen molar-refractivity contribution in [3.05, 3.63) is 32.7 Å². The van der Waals surface area contributed by atoms with Gasteiger partial charge in [-0.2, -0.15) is 0 Å². The second-order valence-electron chi connectivity index (χ2n) is 3.97. The summed E-state index contributed by atoms with van der Waals surface area (Å²) in [6.07, 6.45) is 4.22. The molecule has 1 atom stereocenters. The minimum Gasteiger partial charge on any atom is -0.317 e. The Morgan fingerprint density at radius 3 is 2.87 bits per heavy atom. The quantitative estimate of drug-likeness (QED) is 0.835. The van der Waals surface area contributed by atoms with Gasteiger partial charge >= 0.3 is 0 Å². The molecule has 15 heavy (non-hydrogen) atoms. The second kappa shape index (κ2) is 4.31. The molecule has 1 aliphatic rings. The number of hydrogen-bond acceptors (Lipinski definition) is 3. The fraction of sp³-hybridized carbons (Fsp3) is 0.500. The molecule has 1 aromatic heterocycles. The Hall–Kier alpha value is -0.260. The van der Waals surface area contributed by atoms with Crippen LogP contribution >= 0.6 is 28.7 Å². The molecule has 1 N–H and O–H groups in total. The van der Waals surface area contributed by atoms with Crippen LogP contribution in [0.15, 0.2) is 21.5 Å². The van der Waals surface area contributed by atoms with Crippen molar-refractivity contribution in [2.45, 2.75) is 18.9 Å². The van der Waals surface area contributed by atoms with Crippen molar-refractivity contribution < 1.29 is 0 Å². The predicted octanol–water partition coefficient (Wildman–Crippen LogP) is 2.03. The number of halogens is 1. The number of nitrogens with zero attached hydrogens (tertiary/aromatic N) is 1. The van der Waals surface area contributed by atoms with Crippen molar-refractivity contribution in [1.29, 1.82) is 0 Å². The molecular weight excluding hydrogens is 276 g/mol. The zero-order valence-electron chi connectivity index (χ0n) is 8.40. The summed E-state index contributed by atoms with van der Waals surface area (Å²) in [5.74, 6) is 0.617. The highest BCUT2D eigenvalue weighted by atomic mass is 79.9. The lowest BCUT2D eigenvalue weighted by Crippen LogP contribution is -2.21. The molecule has 2 rings (SSSR count). The molecule has 3 nitrogen and oxygen atoms in total. The van der Waals surface area contributed by atoms with Gasteiger partial charge in [0.2, 0.25) is 0 Å². The van der Waals surface area contributed by atoms with E-state index < -0.39 is 0 Å². The summed E-state index contributed by atoms with van der Waals surface area (Å²) < 4.78 is 5.51. The van der Waals surface area contributed by atoms with Crippen LogP contribution in [0.5, 0.6) is 0 Å². The Bertz CT molecular complexity index is 428. The van der Waals surface area contributed by atoms with E-state index in [1.165, 1.54) is 12.8 Å². The van der Waals surface area contributed by atoms with Crippen molar-refractivity contribution in [2.24, 2.45) is 13.0 Å². The topological polar surface area (TPSA) is 34.0 Å². The molecule has 1 aromatic rings. The van der Waals surface area contributed by atoms with Crippen LogP contribution in [-0.4, -0.2) is 4.57 Å². The van der Waals surface area contributed by atoms with E-state index in [2.05, 4.69) is 33.5 Å². The van der Waals surface area contributed by atoms with E-state index in [1.54, 1.807) is 23.9 Å². The Kier molecular flexibility index (Phi) is 3.23. The van der Waals surface area contributed by atoms with E-state index in [0.29, 0.717) is 5.92 Å². The summed E-state index contributed by atoms with van der Waals surface area (Å²) in [4.78, 5) is 11.5. The van der Waals surface area contributed by atoms with Gasteiger partial charge in [-0.05, 0) is 40.3 Å². The van der Waals surface area contributed by atoms with Gasteiger partial charge in [-0.3, -0.25) is 9.52 Å². The van der Waals surface area contributed by atoms with Crippen LogP contribution in [0.1, 0.15) is 24.4 Å². The van der Waals surface area contributed by atoms with Crippen LogP contribution in [0, 0.1) is 5.92 Å². The molecule has 0 aliphatic heterocycles. The molecule has 5 heteroatoms. The monoisotopic (exact) mass is 288 g/mol. The highest BCUT2D eigenvalue weighted by molar-refractivity contribution is 9.10. The standard InChI is InChI=1S/C10H13BrN2OS/c1-13-5-8(11)7(4-9(13)14)10(12-15)6-2-3-6/h4-6,10,12,15H,2-3H2,1H3. The van der Waals surface area contributed by atoms with E-state index in [1.807, 2.05) is 0 Å². The molecule has 1 aliphatic carbocycles. The van der Waals surface area contributed by atoms with Crippen molar-refractivity contribution in [3.63, 3.8) is 0 Å². The number of rotatable bonds is 3. The van der Waals surface area contributed by atoms with Crippen molar-refractivity contribution in [1.82, 2.24) is 9.29 Å². The molecule has 0 amide bonds. The van der Waals surface area contributed by atoms with E-state index >= 15 is 0 Å². The fourth-order valence-corrected chi connectivity index (χ4v) is 2.73. The largest absolute Gasteiger partial charge is 0.317 e. The molecule has 1 unspecified atom stereocenters. The molecule has 0 spiro atoms. The van der Waals surface area contributed by atoms with Gasteiger partial charge in [0, 0.05) is 29.8 Å². The number of nitrogens with one attached hydrogen (secondary N) is 1. The molecule has 0 saturated heterocycles. The third-order valence-electron chi connectivity index (χ3n) is 2.78. The summed E-state index contributed by atoms with van der Waals surface area (Å²) in [6.45, 7) is 0. The number of pyridine rings is 1. The summed E-state index contributed by atoms with van der Waals surface area (Å²) in [7, 11) is 1.75. The molecule has 0 bridgehead atoms. The maximum Gasteiger partial charge on any atom is 0.250 e. The molecular formula is C10H13BrN2OS. The van der Waals surface area contributed by atoms with Crippen LogP contribution in [0.2, 0.25) is 0 Å². The summed E-state index contributed by atoms with van der Waals surface area (Å²) in [5.41, 5.74) is 1.03. The minimum absolute atomic E-state index is 0.0161. The van der Waals surface area contributed by atoms with Crippen LogP contribution in [0.25, 0.3) is 0 Å². The SMILES string of the molecule is Cn1cc(Br)c(C(NS)C2CC2)cc1=O. The maximum atomic E-state index is 11.5. The first-order valence-electron chi connectivity index (χ1n) is 4.89. The highest BCUT2D eigenvalue weighted by Crippen LogP contribution is 2.42. The van der Waals surface area contributed by atoms with Gasteiger partial charge in [0.05, 0.1) is 0 Å². The number of thiol groups is 1. The molecule has 1 heterocycles. The summed E-state index contributed by atoms with van der Waals surface area (Å²) in [5, 5.41) is 0. The van der Waals surface area contributed by atoms with Crippen molar-refractivity contribution in [2.75, 3.05) is 0 Å². The minimum atomic E-state index is 0.0161. The average Bonchev–Trinajstić information content (AvgIpc) is 2.99. The van der Waals surface area contributed by atoms with Gasteiger partial charge in [0.25, 0.3) is 5.56 Å². The van der Waals surface area contributed by atoms with Gasteiger partial charge in [-0.1, -0.05) is 12.8 Å². The average molecular weight is 289 g/mol. The number of aromatic nitrogens is 1. The Balaban J connectivity index is 2.41. The molecule has 0 aromatic carbocycles. The zero-order valence-corrected chi connectivity index (χ0v) is 10.9. The van der Waals surface area contributed by atoms with Crippen LogP contribution in [-0.2, 0) is 7.05 Å². The normalized spacial score (nSPS) is 17.8. The summed E-state index contributed by atoms with van der Waals surface area (Å²) >= 11 is 7.62. The van der Waals surface area contributed by atoms with Gasteiger partial charge in [0.15, 0.2) is 0 Å². The Morgan fingerprint density at radius 1 is 1.67 bits per heavy atom. The molecule has 1 fully saturated rings. The van der Waals surface area contributed by atoms with Gasteiger partial charge in [0.1, 0.15) is 0 Å². The first kappa shape index (κ1) is 11.2. The molecule has 1 saturated carbocycles. The molecule has 82 valence electrons. The van der Waals surface area contributed by atoms with Crippen LogP contribution < -0.4 is 10.3 Å². The lowest BCUT2D eigenvalue weighted by Gasteiger charge is -2.16. The van der Waals surface area contributed by atoms with Gasteiger partial charge in [-0.15, -0.1) is 0 Å². The predicted molar refractivity (Wildman–Crippen MR) is 67.0 cm³/mol. The van der Waals surface area contributed by atoms with E-state index in [4.69, 9.17) is 0 Å². The maximum absolute atomic E-state index is 11.5. The lowest BCUT2D eigenvalue weighted by molar-refractivity contribution is 0.589. The van der Waals surface area contributed by atoms with Crippen LogP contribution in [0.3, 0.4) is 0 Å².